The number of aliphatic hydroxyl groups excluding tert-OH is 1. The molecule has 3 atom stereocenters. The van der Waals surface area contributed by atoms with Gasteiger partial charge in [0.15, 0.2) is 5.79 Å². The molecule has 3 unspecified atom stereocenters. The van der Waals surface area contributed by atoms with Crippen molar-refractivity contribution in [2.45, 2.75) is 96.6 Å². The molecule has 24 heavy (non-hydrogen) atoms. The molecule has 1 aliphatic rings. The van der Waals surface area contributed by atoms with E-state index in [1.165, 1.54) is 32.1 Å². The highest BCUT2D eigenvalue weighted by Gasteiger charge is 2.37. The van der Waals surface area contributed by atoms with E-state index in [2.05, 4.69) is 6.92 Å². The van der Waals surface area contributed by atoms with Gasteiger partial charge in [0.25, 0.3) is 0 Å². The van der Waals surface area contributed by atoms with Gasteiger partial charge in [0.05, 0.1) is 25.9 Å². The molecule has 1 N–H and O–H groups in total. The van der Waals surface area contributed by atoms with Gasteiger partial charge in [-0.1, -0.05) is 45.4 Å². The molecule has 0 aromatic rings. The van der Waals surface area contributed by atoms with Gasteiger partial charge >= 0.3 is 0 Å². The van der Waals surface area contributed by atoms with E-state index in [1.807, 2.05) is 6.92 Å². The number of hydrogen-bond acceptors (Lipinski definition) is 5. The topological polar surface area (TPSA) is 65.0 Å². The highest BCUT2D eigenvalue weighted by molar-refractivity contribution is 5.75. The minimum Gasteiger partial charge on any atom is -0.394 e. The first-order chi connectivity index (χ1) is 11.5. The van der Waals surface area contributed by atoms with E-state index in [9.17, 15) is 9.90 Å². The third-order valence-electron chi connectivity index (χ3n) is 4.52. The number of carbonyl (C=O) groups excluding carboxylic acids is 1. The van der Waals surface area contributed by atoms with Crippen LogP contribution in [0.25, 0.3) is 0 Å². The molecule has 5 nitrogen and oxygen atoms in total. The highest BCUT2D eigenvalue weighted by atomic mass is 16.7. The summed E-state index contributed by atoms with van der Waals surface area (Å²) in [6.45, 7) is 6.61. The summed E-state index contributed by atoms with van der Waals surface area (Å²) < 4.78 is 17.4. The smallest absolute Gasteiger partial charge is 0.166 e. The monoisotopic (exact) mass is 344 g/mol. The van der Waals surface area contributed by atoms with Crippen LogP contribution >= 0.6 is 0 Å². The molecule has 0 aromatic carbocycles. The largest absolute Gasteiger partial charge is 0.394 e. The van der Waals surface area contributed by atoms with Gasteiger partial charge in [-0.05, 0) is 20.3 Å². The third kappa shape index (κ3) is 9.11. The SMILES string of the molecule is CCCCCCCCC(CO)OCC1COC(C)(CCC(C)=O)O1. The molecule has 142 valence electrons. The van der Waals surface area contributed by atoms with Crippen LogP contribution in [0.4, 0.5) is 0 Å². The molecule has 0 aromatic heterocycles. The van der Waals surface area contributed by atoms with Crippen molar-refractivity contribution in [2.75, 3.05) is 19.8 Å². The molecule has 1 rings (SSSR count). The van der Waals surface area contributed by atoms with Gasteiger partial charge in [-0.3, -0.25) is 0 Å². The molecule has 0 aliphatic carbocycles. The Balaban J connectivity index is 2.16. The third-order valence-corrected chi connectivity index (χ3v) is 4.52. The molecule has 5 heteroatoms. The quantitative estimate of drug-likeness (QED) is 0.488. The Kier molecular flexibility index (Phi) is 10.7. The van der Waals surface area contributed by atoms with Crippen LogP contribution in [0, 0.1) is 0 Å². The molecule has 0 bridgehead atoms. The zero-order chi connectivity index (χ0) is 17.8. The van der Waals surface area contributed by atoms with Crippen molar-refractivity contribution in [3.63, 3.8) is 0 Å². The Morgan fingerprint density at radius 2 is 2.00 bits per heavy atom. The van der Waals surface area contributed by atoms with Crippen molar-refractivity contribution < 1.29 is 24.1 Å². The van der Waals surface area contributed by atoms with Crippen molar-refractivity contribution in [3.05, 3.63) is 0 Å². The second-order valence-corrected chi connectivity index (χ2v) is 7.08. The molecule has 0 saturated carbocycles. The summed E-state index contributed by atoms with van der Waals surface area (Å²) in [6.07, 6.45) is 9.09. The van der Waals surface area contributed by atoms with Crippen LogP contribution in [-0.4, -0.2) is 48.7 Å². The first kappa shape index (κ1) is 21.6. The molecule has 0 radical (unpaired) electrons. The van der Waals surface area contributed by atoms with Crippen LogP contribution in [0.1, 0.15) is 78.6 Å². The molecule has 0 spiro atoms. The van der Waals surface area contributed by atoms with E-state index in [1.54, 1.807) is 6.92 Å². The van der Waals surface area contributed by atoms with Crippen molar-refractivity contribution in [1.29, 1.82) is 0 Å². The number of ether oxygens (including phenoxy) is 3. The first-order valence-electron chi connectivity index (χ1n) is 9.52. The summed E-state index contributed by atoms with van der Waals surface area (Å²) >= 11 is 0. The van der Waals surface area contributed by atoms with Crippen LogP contribution in [0.5, 0.6) is 0 Å². The molecule has 1 aliphatic heterocycles. The summed E-state index contributed by atoms with van der Waals surface area (Å²) in [5, 5.41) is 9.45. The number of carbonyl (C=O) groups is 1. The summed E-state index contributed by atoms with van der Waals surface area (Å²) in [6, 6.07) is 0. The number of unbranched alkanes of at least 4 members (excludes halogenated alkanes) is 5. The number of aliphatic hydroxyl groups is 1. The van der Waals surface area contributed by atoms with Crippen molar-refractivity contribution in [1.82, 2.24) is 0 Å². The van der Waals surface area contributed by atoms with Crippen LogP contribution in [0.2, 0.25) is 0 Å². The van der Waals surface area contributed by atoms with Crippen LogP contribution in [0.3, 0.4) is 0 Å². The summed E-state index contributed by atoms with van der Waals surface area (Å²) in [5.41, 5.74) is 0. The lowest BCUT2D eigenvalue weighted by Gasteiger charge is -2.23. The van der Waals surface area contributed by atoms with Crippen LogP contribution in [-0.2, 0) is 19.0 Å². The molecule has 1 fully saturated rings. The normalized spacial score (nSPS) is 25.1. The maximum Gasteiger partial charge on any atom is 0.166 e. The lowest BCUT2D eigenvalue weighted by Crippen LogP contribution is -2.30. The summed E-state index contributed by atoms with van der Waals surface area (Å²) in [5.74, 6) is -0.546. The Morgan fingerprint density at radius 3 is 2.67 bits per heavy atom. The Morgan fingerprint density at radius 1 is 1.29 bits per heavy atom. The maximum absolute atomic E-state index is 11.1. The van der Waals surface area contributed by atoms with Gasteiger partial charge < -0.3 is 24.1 Å². The second-order valence-electron chi connectivity index (χ2n) is 7.08. The molecule has 1 heterocycles. The maximum atomic E-state index is 11.1. The van der Waals surface area contributed by atoms with Gasteiger partial charge in [-0.25, -0.2) is 0 Å². The zero-order valence-corrected chi connectivity index (χ0v) is 15.7. The Bertz CT molecular complexity index is 347. The number of ketones is 1. The summed E-state index contributed by atoms with van der Waals surface area (Å²) in [4.78, 5) is 11.1. The fraction of sp³-hybridized carbons (Fsp3) is 0.947. The Hall–Kier alpha value is -0.490. The van der Waals surface area contributed by atoms with Gasteiger partial charge in [0.2, 0.25) is 0 Å². The van der Waals surface area contributed by atoms with Gasteiger partial charge in [0, 0.05) is 12.8 Å². The minimum absolute atomic E-state index is 0.0458. The van der Waals surface area contributed by atoms with Gasteiger partial charge in [-0.15, -0.1) is 0 Å². The van der Waals surface area contributed by atoms with Crippen molar-refractivity contribution >= 4 is 5.78 Å². The van der Waals surface area contributed by atoms with E-state index < -0.39 is 5.79 Å². The van der Waals surface area contributed by atoms with E-state index in [-0.39, 0.29) is 24.6 Å². The zero-order valence-electron chi connectivity index (χ0n) is 15.7. The van der Waals surface area contributed by atoms with Gasteiger partial charge in [0.1, 0.15) is 11.9 Å². The van der Waals surface area contributed by atoms with Crippen LogP contribution < -0.4 is 0 Å². The summed E-state index contributed by atoms with van der Waals surface area (Å²) in [7, 11) is 0. The lowest BCUT2D eigenvalue weighted by molar-refractivity contribution is -0.169. The standard InChI is InChI=1S/C19H36O5/c1-4-5-6-7-8-9-10-17(13-20)22-14-18-15-23-19(3,24-18)12-11-16(2)21/h17-18,20H,4-15H2,1-3H3. The van der Waals surface area contributed by atoms with Gasteiger partial charge in [-0.2, -0.15) is 0 Å². The fourth-order valence-electron chi connectivity index (χ4n) is 2.93. The number of rotatable bonds is 14. The fourth-order valence-corrected chi connectivity index (χ4v) is 2.93. The number of hydrogen-bond donors (Lipinski definition) is 1. The highest BCUT2D eigenvalue weighted by Crippen LogP contribution is 2.28. The average Bonchev–Trinajstić information content (AvgIpc) is 2.93. The van der Waals surface area contributed by atoms with Crippen molar-refractivity contribution in [2.24, 2.45) is 0 Å². The predicted octanol–water partition coefficient (Wildman–Crippen LogP) is 3.62. The average molecular weight is 344 g/mol. The van der Waals surface area contributed by atoms with E-state index in [0.29, 0.717) is 26.1 Å². The minimum atomic E-state index is -0.687. The lowest BCUT2D eigenvalue weighted by atomic mass is 10.1. The predicted molar refractivity (Wildman–Crippen MR) is 94.0 cm³/mol. The van der Waals surface area contributed by atoms with E-state index in [0.717, 1.165) is 12.8 Å². The first-order valence-corrected chi connectivity index (χ1v) is 9.52. The molecule has 1 saturated heterocycles. The second kappa shape index (κ2) is 12.0. The number of Topliss-reactive ketones (excluding diaryl/α,β-unsaturated/α-hetero) is 1. The van der Waals surface area contributed by atoms with E-state index >= 15 is 0 Å². The van der Waals surface area contributed by atoms with Crippen molar-refractivity contribution in [3.8, 4) is 0 Å². The van der Waals surface area contributed by atoms with E-state index in [4.69, 9.17) is 14.2 Å². The van der Waals surface area contributed by atoms with Crippen LogP contribution in [0.15, 0.2) is 0 Å². The molecular formula is C19H36O5. The molecule has 0 amide bonds. The molecular weight excluding hydrogens is 308 g/mol. The Labute approximate surface area is 147 Å².